The van der Waals surface area contributed by atoms with Crippen LogP contribution in [0, 0.1) is 5.92 Å². The standard InChI is InChI=1S/C18H31ClN2O6S/c1-8(19)10(16-13(23)12(22)14(24)18(27-16)28-2)21-17(25)11-15-9(7-20-11)5-3-4-6-26-15/h8-16,18,20,22-24H,3-7H2,1-2H3,(H,21,25)/t8-,9-,10+,11-,12+,13?,14+,15-,16+,18?/m0/s1. The van der Waals surface area contributed by atoms with Gasteiger partial charge in [0, 0.05) is 13.2 Å². The lowest BCUT2D eigenvalue weighted by atomic mass is 9.92. The van der Waals surface area contributed by atoms with E-state index in [4.69, 9.17) is 21.1 Å². The van der Waals surface area contributed by atoms with Crippen LogP contribution < -0.4 is 10.6 Å². The van der Waals surface area contributed by atoms with Crippen LogP contribution in [0.4, 0.5) is 0 Å². The monoisotopic (exact) mass is 438 g/mol. The minimum atomic E-state index is -1.38. The quantitative estimate of drug-likeness (QED) is 0.362. The number of aliphatic hydroxyl groups excluding tert-OH is 3. The van der Waals surface area contributed by atoms with E-state index in [9.17, 15) is 20.1 Å². The van der Waals surface area contributed by atoms with Gasteiger partial charge in [-0.05, 0) is 31.9 Å². The molecule has 5 N–H and O–H groups in total. The molecule has 0 spiro atoms. The first-order valence-corrected chi connectivity index (χ1v) is 11.6. The molecule has 3 fully saturated rings. The molecule has 3 heterocycles. The van der Waals surface area contributed by atoms with Crippen LogP contribution in [0.3, 0.4) is 0 Å². The summed E-state index contributed by atoms with van der Waals surface area (Å²) in [7, 11) is 0. The van der Waals surface area contributed by atoms with E-state index in [-0.39, 0.29) is 12.0 Å². The molecule has 162 valence electrons. The molecule has 0 aromatic rings. The molecule has 8 nitrogen and oxygen atoms in total. The third-order valence-corrected chi connectivity index (χ3v) is 7.08. The predicted octanol–water partition coefficient (Wildman–Crippen LogP) is -0.574. The van der Waals surface area contributed by atoms with Crippen molar-refractivity contribution >= 4 is 29.3 Å². The van der Waals surface area contributed by atoms with Crippen LogP contribution in [0.15, 0.2) is 0 Å². The fourth-order valence-corrected chi connectivity index (χ4v) is 5.21. The van der Waals surface area contributed by atoms with Crippen molar-refractivity contribution in [2.24, 2.45) is 5.92 Å². The summed E-state index contributed by atoms with van der Waals surface area (Å²) in [5, 5.41) is 36.3. The summed E-state index contributed by atoms with van der Waals surface area (Å²) >= 11 is 7.55. The average molecular weight is 439 g/mol. The molecule has 10 heteroatoms. The van der Waals surface area contributed by atoms with Gasteiger partial charge in [-0.1, -0.05) is 6.42 Å². The second-order valence-corrected chi connectivity index (χ2v) is 9.49. The highest BCUT2D eigenvalue weighted by molar-refractivity contribution is 7.99. The Hall–Kier alpha value is -0.130. The van der Waals surface area contributed by atoms with E-state index in [1.807, 2.05) is 0 Å². The van der Waals surface area contributed by atoms with Crippen LogP contribution in [0.2, 0.25) is 0 Å². The smallest absolute Gasteiger partial charge is 0.240 e. The van der Waals surface area contributed by atoms with Crippen molar-refractivity contribution in [1.29, 1.82) is 0 Å². The maximum absolute atomic E-state index is 13.0. The predicted molar refractivity (Wildman–Crippen MR) is 106 cm³/mol. The Morgan fingerprint density at radius 3 is 2.68 bits per heavy atom. The highest BCUT2D eigenvalue weighted by Gasteiger charge is 2.49. The first-order chi connectivity index (χ1) is 13.3. The second-order valence-electron chi connectivity index (χ2n) is 7.87. The molecule has 0 bridgehead atoms. The lowest BCUT2D eigenvalue weighted by molar-refractivity contribution is -0.205. The molecule has 3 saturated heterocycles. The topological polar surface area (TPSA) is 120 Å². The number of carbonyl (C=O) groups excluding carboxylic acids is 1. The Morgan fingerprint density at radius 2 is 2.00 bits per heavy atom. The summed E-state index contributed by atoms with van der Waals surface area (Å²) in [6.07, 6.45) is -0.247. The minimum Gasteiger partial charge on any atom is -0.388 e. The number of rotatable bonds is 5. The van der Waals surface area contributed by atoms with E-state index in [0.717, 1.165) is 25.8 Å². The molecule has 3 aliphatic rings. The number of nitrogens with one attached hydrogen (secondary N) is 2. The van der Waals surface area contributed by atoms with E-state index >= 15 is 0 Å². The van der Waals surface area contributed by atoms with Crippen molar-refractivity contribution in [3.05, 3.63) is 0 Å². The third kappa shape index (κ3) is 4.62. The van der Waals surface area contributed by atoms with Gasteiger partial charge in [0.25, 0.3) is 0 Å². The summed E-state index contributed by atoms with van der Waals surface area (Å²) in [6, 6.07) is -1.23. The minimum absolute atomic E-state index is 0.183. The highest BCUT2D eigenvalue weighted by Crippen LogP contribution is 2.31. The van der Waals surface area contributed by atoms with Crippen LogP contribution in [0.25, 0.3) is 0 Å². The summed E-state index contributed by atoms with van der Waals surface area (Å²) in [4.78, 5) is 13.0. The average Bonchev–Trinajstić information content (AvgIpc) is 2.93. The lowest BCUT2D eigenvalue weighted by Gasteiger charge is -2.44. The molecular weight excluding hydrogens is 408 g/mol. The molecule has 0 aromatic heterocycles. The molecule has 0 saturated carbocycles. The molecule has 28 heavy (non-hydrogen) atoms. The molecule has 2 unspecified atom stereocenters. The Balaban J connectivity index is 1.71. The van der Waals surface area contributed by atoms with Gasteiger partial charge in [-0.15, -0.1) is 23.4 Å². The molecule has 3 rings (SSSR count). The number of hydrogen-bond donors (Lipinski definition) is 5. The summed E-state index contributed by atoms with van der Waals surface area (Å²) in [5.41, 5.74) is -0.725. The number of alkyl halides is 1. The van der Waals surface area contributed by atoms with Gasteiger partial charge in [0.05, 0.1) is 17.5 Å². The summed E-state index contributed by atoms with van der Waals surface area (Å²) < 4.78 is 11.7. The Bertz CT molecular complexity index is 542. The van der Waals surface area contributed by atoms with Gasteiger partial charge in [-0.25, -0.2) is 0 Å². The first-order valence-electron chi connectivity index (χ1n) is 9.87. The van der Waals surface area contributed by atoms with Crippen molar-refractivity contribution < 1.29 is 29.6 Å². The van der Waals surface area contributed by atoms with Gasteiger partial charge in [-0.2, -0.15) is 0 Å². The number of amides is 1. The van der Waals surface area contributed by atoms with Crippen molar-refractivity contribution in [1.82, 2.24) is 10.6 Å². The molecule has 3 aliphatic heterocycles. The molecule has 0 aromatic carbocycles. The molecule has 10 atom stereocenters. The SMILES string of the molecule is CSC1O[C@H]([C@H](NC(=O)[C@H]2NC[C@@H]3CCCCO[C@@H]32)[C@H](C)Cl)C(O)[C@@H](O)[C@H]1O. The van der Waals surface area contributed by atoms with Gasteiger partial charge in [-0.3, -0.25) is 4.79 Å². The Kier molecular flexibility index (Phi) is 7.88. The Labute approximate surface area is 174 Å². The van der Waals surface area contributed by atoms with Crippen molar-refractivity contribution in [2.45, 2.75) is 79.6 Å². The zero-order chi connectivity index (χ0) is 20.4. The number of halogens is 1. The normalized spacial score (nSPS) is 43.6. The van der Waals surface area contributed by atoms with Crippen molar-refractivity contribution in [3.8, 4) is 0 Å². The number of carbonyl (C=O) groups is 1. The number of hydrogen-bond acceptors (Lipinski definition) is 8. The van der Waals surface area contributed by atoms with E-state index < -0.39 is 47.3 Å². The first kappa shape index (κ1) is 22.6. The van der Waals surface area contributed by atoms with Crippen LogP contribution >= 0.6 is 23.4 Å². The number of thioether (sulfide) groups is 1. The second kappa shape index (κ2) is 9.78. The fraction of sp³-hybridized carbons (Fsp3) is 0.944. The van der Waals surface area contributed by atoms with Crippen molar-refractivity contribution in [2.75, 3.05) is 19.4 Å². The van der Waals surface area contributed by atoms with E-state index in [0.29, 0.717) is 12.5 Å². The van der Waals surface area contributed by atoms with Crippen LogP contribution in [0.5, 0.6) is 0 Å². The van der Waals surface area contributed by atoms with Crippen LogP contribution in [-0.2, 0) is 14.3 Å². The Morgan fingerprint density at radius 1 is 1.25 bits per heavy atom. The zero-order valence-corrected chi connectivity index (χ0v) is 17.7. The van der Waals surface area contributed by atoms with Crippen LogP contribution in [-0.4, -0.2) is 94.1 Å². The van der Waals surface area contributed by atoms with E-state index in [2.05, 4.69) is 10.6 Å². The highest BCUT2D eigenvalue weighted by atomic mass is 35.5. The van der Waals surface area contributed by atoms with Gasteiger partial charge < -0.3 is 35.4 Å². The summed E-state index contributed by atoms with van der Waals surface area (Å²) in [5.74, 6) is 0.0449. The number of ether oxygens (including phenoxy) is 2. The van der Waals surface area contributed by atoms with Gasteiger partial charge in [0.15, 0.2) is 0 Å². The maximum Gasteiger partial charge on any atom is 0.240 e. The molecule has 0 aliphatic carbocycles. The maximum atomic E-state index is 13.0. The van der Waals surface area contributed by atoms with E-state index in [1.54, 1.807) is 13.2 Å². The van der Waals surface area contributed by atoms with Gasteiger partial charge in [0.2, 0.25) is 5.91 Å². The summed E-state index contributed by atoms with van der Waals surface area (Å²) in [6.45, 7) is 3.07. The van der Waals surface area contributed by atoms with E-state index in [1.165, 1.54) is 11.8 Å². The van der Waals surface area contributed by atoms with Crippen molar-refractivity contribution in [3.63, 3.8) is 0 Å². The number of fused-ring (bicyclic) bond motifs is 1. The lowest BCUT2D eigenvalue weighted by Crippen LogP contribution is -2.65. The van der Waals surface area contributed by atoms with Crippen LogP contribution in [0.1, 0.15) is 26.2 Å². The van der Waals surface area contributed by atoms with Gasteiger partial charge >= 0.3 is 0 Å². The molecule has 1 amide bonds. The zero-order valence-electron chi connectivity index (χ0n) is 16.2. The third-order valence-electron chi connectivity index (χ3n) is 5.95. The van der Waals surface area contributed by atoms with Gasteiger partial charge in [0.1, 0.15) is 35.9 Å². The molecule has 0 radical (unpaired) electrons. The largest absolute Gasteiger partial charge is 0.388 e. The fourth-order valence-electron chi connectivity index (χ4n) is 4.33. The molecular formula is C18H31ClN2O6S. The number of aliphatic hydroxyl groups is 3.